The van der Waals surface area contributed by atoms with Crippen molar-refractivity contribution in [1.29, 1.82) is 5.26 Å². The van der Waals surface area contributed by atoms with Gasteiger partial charge in [0.15, 0.2) is 0 Å². The van der Waals surface area contributed by atoms with E-state index in [1.54, 1.807) is 41.6 Å². The molecular formula is C20H19N3O2. The lowest BCUT2D eigenvalue weighted by Gasteiger charge is -2.24. The fourth-order valence-corrected chi connectivity index (χ4v) is 2.81. The molecule has 1 aromatic heterocycles. The van der Waals surface area contributed by atoms with Crippen molar-refractivity contribution in [2.24, 2.45) is 0 Å². The van der Waals surface area contributed by atoms with Gasteiger partial charge in [-0.15, -0.1) is 0 Å². The molecule has 1 saturated heterocycles. The number of nitriles is 1. The third kappa shape index (κ3) is 4.52. The summed E-state index contributed by atoms with van der Waals surface area (Å²) in [5, 5.41) is 8.97. The minimum absolute atomic E-state index is 0.0624. The number of anilines is 1. The lowest BCUT2D eigenvalue weighted by molar-refractivity contribution is -0.114. The topological polar surface area (TPSA) is 66.2 Å². The lowest BCUT2D eigenvalue weighted by atomic mass is 10.1. The highest BCUT2D eigenvalue weighted by Gasteiger charge is 2.22. The van der Waals surface area contributed by atoms with E-state index in [0.717, 1.165) is 30.7 Å². The van der Waals surface area contributed by atoms with Crippen molar-refractivity contribution in [3.05, 3.63) is 66.0 Å². The molecule has 126 valence electrons. The second kappa shape index (κ2) is 8.22. The predicted octanol–water partition coefficient (Wildman–Crippen LogP) is 3.18. The van der Waals surface area contributed by atoms with Gasteiger partial charge in [0.05, 0.1) is 24.3 Å². The maximum Gasteiger partial charge on any atom is 0.251 e. The molecule has 25 heavy (non-hydrogen) atoms. The molecule has 3 rings (SSSR count). The van der Waals surface area contributed by atoms with Gasteiger partial charge in [-0.3, -0.25) is 9.78 Å². The number of hydrogen-bond acceptors (Lipinski definition) is 4. The van der Waals surface area contributed by atoms with Gasteiger partial charge in [0.2, 0.25) is 0 Å². The quantitative estimate of drug-likeness (QED) is 0.788. The molecule has 2 aromatic rings. The number of hydrogen-bond donors (Lipinski definition) is 0. The number of benzene rings is 1. The van der Waals surface area contributed by atoms with Crippen molar-refractivity contribution in [3.63, 3.8) is 0 Å². The zero-order valence-corrected chi connectivity index (χ0v) is 13.8. The summed E-state index contributed by atoms with van der Waals surface area (Å²) in [5.74, 6) is -0.121. The van der Waals surface area contributed by atoms with Gasteiger partial charge < -0.3 is 9.64 Å². The summed E-state index contributed by atoms with van der Waals surface area (Å²) in [4.78, 5) is 18.5. The average molecular weight is 333 g/mol. The van der Waals surface area contributed by atoms with Gasteiger partial charge in [0.25, 0.3) is 5.91 Å². The second-order valence-electron chi connectivity index (χ2n) is 5.86. The van der Waals surface area contributed by atoms with E-state index in [1.165, 1.54) is 6.08 Å². The molecule has 0 unspecified atom stereocenters. The van der Waals surface area contributed by atoms with Gasteiger partial charge in [0, 0.05) is 30.8 Å². The van der Waals surface area contributed by atoms with Crippen LogP contribution in [0.5, 0.6) is 0 Å². The standard InChI is InChI=1S/C20H19N3O2/c21-14-17-4-1-3-16(13-17)6-7-20(24)23(15-19-5-2-12-25-19)18-8-10-22-11-9-18/h1,3-4,6-11,13,19H,2,5,12,15H2/b7-6-/t19-/m0/s1. The Morgan fingerprint density at radius 3 is 2.92 bits per heavy atom. The normalized spacial score (nSPS) is 16.7. The second-order valence-corrected chi connectivity index (χ2v) is 5.86. The smallest absolute Gasteiger partial charge is 0.251 e. The van der Waals surface area contributed by atoms with Crippen molar-refractivity contribution in [2.75, 3.05) is 18.1 Å². The first kappa shape index (κ1) is 16.9. The van der Waals surface area contributed by atoms with E-state index in [1.807, 2.05) is 18.2 Å². The highest BCUT2D eigenvalue weighted by Crippen LogP contribution is 2.19. The largest absolute Gasteiger partial charge is 0.376 e. The Labute approximate surface area is 147 Å². The predicted molar refractivity (Wildman–Crippen MR) is 95.8 cm³/mol. The van der Waals surface area contributed by atoms with E-state index in [2.05, 4.69) is 11.1 Å². The van der Waals surface area contributed by atoms with Gasteiger partial charge in [-0.05, 0) is 48.7 Å². The number of pyridine rings is 1. The summed E-state index contributed by atoms with van der Waals surface area (Å²) in [7, 11) is 0. The molecule has 0 saturated carbocycles. The highest BCUT2D eigenvalue weighted by atomic mass is 16.5. The fraction of sp³-hybridized carbons (Fsp3) is 0.250. The van der Waals surface area contributed by atoms with E-state index in [0.29, 0.717) is 12.1 Å². The first-order chi connectivity index (χ1) is 12.3. The molecule has 1 fully saturated rings. The SMILES string of the molecule is N#Cc1cccc(/C=C\C(=O)N(C[C@@H]2CCCO2)c2ccncc2)c1. The van der Waals surface area contributed by atoms with Crippen LogP contribution in [0.3, 0.4) is 0 Å². The summed E-state index contributed by atoms with van der Waals surface area (Å²) in [6.45, 7) is 1.27. The monoisotopic (exact) mass is 333 g/mol. The van der Waals surface area contributed by atoms with Crippen LogP contribution in [-0.4, -0.2) is 30.1 Å². The summed E-state index contributed by atoms with van der Waals surface area (Å²) >= 11 is 0. The van der Waals surface area contributed by atoms with E-state index in [-0.39, 0.29) is 12.0 Å². The minimum Gasteiger partial charge on any atom is -0.376 e. The Bertz CT molecular complexity index is 790. The highest BCUT2D eigenvalue weighted by molar-refractivity contribution is 6.03. The molecule has 5 heteroatoms. The molecule has 0 bridgehead atoms. The number of aromatic nitrogens is 1. The van der Waals surface area contributed by atoms with Gasteiger partial charge in [0.1, 0.15) is 0 Å². The Hall–Kier alpha value is -2.97. The fourth-order valence-electron chi connectivity index (χ4n) is 2.81. The number of nitrogens with zero attached hydrogens (tertiary/aromatic N) is 3. The van der Waals surface area contributed by atoms with Gasteiger partial charge >= 0.3 is 0 Å². The first-order valence-corrected chi connectivity index (χ1v) is 8.27. The number of carbonyl (C=O) groups is 1. The minimum atomic E-state index is -0.121. The van der Waals surface area contributed by atoms with Crippen LogP contribution in [-0.2, 0) is 9.53 Å². The van der Waals surface area contributed by atoms with Crippen LogP contribution in [0.4, 0.5) is 5.69 Å². The maximum atomic E-state index is 12.8. The Morgan fingerprint density at radius 2 is 2.20 bits per heavy atom. The van der Waals surface area contributed by atoms with Crippen LogP contribution in [0.2, 0.25) is 0 Å². The van der Waals surface area contributed by atoms with Crippen molar-refractivity contribution < 1.29 is 9.53 Å². The van der Waals surface area contributed by atoms with E-state index in [4.69, 9.17) is 10.00 Å². The number of carbonyl (C=O) groups excluding carboxylic acids is 1. The summed E-state index contributed by atoms with van der Waals surface area (Å²) in [5.41, 5.74) is 2.19. The van der Waals surface area contributed by atoms with Crippen LogP contribution in [0.15, 0.2) is 54.9 Å². The third-order valence-electron chi connectivity index (χ3n) is 4.08. The molecule has 1 amide bonds. The van der Waals surface area contributed by atoms with Crippen LogP contribution in [0.1, 0.15) is 24.0 Å². The van der Waals surface area contributed by atoms with Gasteiger partial charge in [-0.25, -0.2) is 0 Å². The van der Waals surface area contributed by atoms with Crippen LogP contribution in [0.25, 0.3) is 6.08 Å². The zero-order chi connectivity index (χ0) is 17.5. The first-order valence-electron chi connectivity index (χ1n) is 8.27. The molecule has 1 aliphatic heterocycles. The van der Waals surface area contributed by atoms with E-state index >= 15 is 0 Å². The Kier molecular flexibility index (Phi) is 5.55. The van der Waals surface area contributed by atoms with Crippen LogP contribution < -0.4 is 4.90 Å². The number of rotatable bonds is 5. The average Bonchev–Trinajstić information content (AvgIpc) is 3.18. The molecule has 0 radical (unpaired) electrons. The van der Waals surface area contributed by atoms with E-state index < -0.39 is 0 Å². The molecule has 1 atom stereocenters. The molecule has 1 aliphatic rings. The molecule has 0 aliphatic carbocycles. The number of ether oxygens (including phenoxy) is 1. The maximum absolute atomic E-state index is 12.8. The van der Waals surface area contributed by atoms with Crippen molar-refractivity contribution in [2.45, 2.75) is 18.9 Å². The van der Waals surface area contributed by atoms with Crippen molar-refractivity contribution in [3.8, 4) is 6.07 Å². The lowest BCUT2D eigenvalue weighted by Crippen LogP contribution is -2.36. The summed E-state index contributed by atoms with van der Waals surface area (Å²) < 4.78 is 5.68. The van der Waals surface area contributed by atoms with E-state index in [9.17, 15) is 4.79 Å². The van der Waals surface area contributed by atoms with Gasteiger partial charge in [-0.2, -0.15) is 5.26 Å². The molecule has 2 heterocycles. The molecule has 0 spiro atoms. The Balaban J connectivity index is 1.78. The van der Waals surface area contributed by atoms with Crippen molar-refractivity contribution >= 4 is 17.7 Å². The molecule has 5 nitrogen and oxygen atoms in total. The number of amides is 1. The van der Waals surface area contributed by atoms with Crippen molar-refractivity contribution in [1.82, 2.24) is 4.98 Å². The van der Waals surface area contributed by atoms with Crippen LogP contribution in [0, 0.1) is 11.3 Å². The summed E-state index contributed by atoms with van der Waals surface area (Å²) in [6.07, 6.45) is 8.66. The Morgan fingerprint density at radius 1 is 1.36 bits per heavy atom. The third-order valence-corrected chi connectivity index (χ3v) is 4.08. The molecule has 0 N–H and O–H groups in total. The molecule has 1 aromatic carbocycles. The zero-order valence-electron chi connectivity index (χ0n) is 13.8. The molecular weight excluding hydrogens is 314 g/mol. The van der Waals surface area contributed by atoms with Gasteiger partial charge in [-0.1, -0.05) is 12.1 Å². The van der Waals surface area contributed by atoms with Crippen LogP contribution >= 0.6 is 0 Å². The summed E-state index contributed by atoms with van der Waals surface area (Å²) in [6, 6.07) is 12.9.